The summed E-state index contributed by atoms with van der Waals surface area (Å²) < 4.78 is 5.31. The van der Waals surface area contributed by atoms with Crippen molar-refractivity contribution in [3.63, 3.8) is 0 Å². The number of H-pyrrole nitrogens is 2. The number of ether oxygens (including phenoxy) is 1. The van der Waals surface area contributed by atoms with Crippen LogP contribution >= 0.6 is 0 Å². The molecule has 0 spiro atoms. The smallest absolute Gasteiger partial charge is 0.273 e. The maximum absolute atomic E-state index is 12.2. The highest BCUT2D eigenvalue weighted by molar-refractivity contribution is 6.05. The van der Waals surface area contributed by atoms with Crippen molar-refractivity contribution in [1.29, 1.82) is 0 Å². The minimum Gasteiger partial charge on any atom is -0.496 e. The molecule has 7 nitrogen and oxygen atoms in total. The van der Waals surface area contributed by atoms with Gasteiger partial charge in [0.15, 0.2) is 11.6 Å². The first-order valence-corrected chi connectivity index (χ1v) is 7.28. The van der Waals surface area contributed by atoms with E-state index in [9.17, 15) is 9.59 Å². The lowest BCUT2D eigenvalue weighted by atomic mass is 10.1. The minimum atomic E-state index is -0.374. The number of carbonyl (C=O) groups is 2. The Balaban J connectivity index is 1.78. The first kappa shape index (κ1) is 15.5. The van der Waals surface area contributed by atoms with E-state index < -0.39 is 0 Å². The Kier molecular flexibility index (Phi) is 4.15. The quantitative estimate of drug-likeness (QED) is 0.628. The third-order valence-corrected chi connectivity index (χ3v) is 3.55. The number of hydrogen-bond acceptors (Lipinski definition) is 4. The molecule has 3 aromatic rings. The molecule has 0 aliphatic rings. The summed E-state index contributed by atoms with van der Waals surface area (Å²) in [6, 6.07) is 10.7. The Bertz CT molecular complexity index is 895. The van der Waals surface area contributed by atoms with E-state index in [1.807, 2.05) is 24.3 Å². The van der Waals surface area contributed by atoms with Crippen LogP contribution in [0.2, 0.25) is 0 Å². The number of ketones is 1. The van der Waals surface area contributed by atoms with Crippen LogP contribution in [0, 0.1) is 0 Å². The van der Waals surface area contributed by atoms with Gasteiger partial charge in [-0.25, -0.2) is 0 Å². The summed E-state index contributed by atoms with van der Waals surface area (Å²) in [6.07, 6.45) is 1.50. The summed E-state index contributed by atoms with van der Waals surface area (Å²) in [7, 11) is 1.59. The van der Waals surface area contributed by atoms with Crippen LogP contribution in [-0.4, -0.2) is 34.0 Å². The third kappa shape index (κ3) is 3.05. The predicted octanol–water partition coefficient (Wildman–Crippen LogP) is 2.87. The highest BCUT2D eigenvalue weighted by atomic mass is 16.5. The Labute approximate surface area is 138 Å². The van der Waals surface area contributed by atoms with Crippen LogP contribution in [0.5, 0.6) is 5.75 Å². The zero-order chi connectivity index (χ0) is 17.1. The molecule has 0 radical (unpaired) electrons. The molecule has 7 heteroatoms. The maximum Gasteiger partial charge on any atom is 0.273 e. The molecule has 0 unspecified atom stereocenters. The molecule has 1 aromatic carbocycles. The number of benzene rings is 1. The first-order valence-electron chi connectivity index (χ1n) is 7.28. The summed E-state index contributed by atoms with van der Waals surface area (Å²) in [6.45, 7) is 1.44. The van der Waals surface area contributed by atoms with Crippen molar-refractivity contribution >= 4 is 17.5 Å². The predicted molar refractivity (Wildman–Crippen MR) is 89.3 cm³/mol. The van der Waals surface area contributed by atoms with Gasteiger partial charge in [-0.05, 0) is 25.1 Å². The second kappa shape index (κ2) is 6.41. The van der Waals surface area contributed by atoms with Crippen LogP contribution in [0.25, 0.3) is 11.3 Å². The van der Waals surface area contributed by atoms with Gasteiger partial charge in [0.2, 0.25) is 0 Å². The van der Waals surface area contributed by atoms with Crippen LogP contribution in [0.1, 0.15) is 27.8 Å². The summed E-state index contributed by atoms with van der Waals surface area (Å²) >= 11 is 0. The number of Topliss-reactive ketones (excluding diaryl/α,β-unsaturated/α-hetero) is 1. The van der Waals surface area contributed by atoms with Gasteiger partial charge < -0.3 is 15.0 Å². The number of methoxy groups -OCH3 is 1. The van der Waals surface area contributed by atoms with E-state index in [-0.39, 0.29) is 11.7 Å². The third-order valence-electron chi connectivity index (χ3n) is 3.55. The van der Waals surface area contributed by atoms with E-state index >= 15 is 0 Å². The van der Waals surface area contributed by atoms with Crippen LogP contribution < -0.4 is 10.1 Å². The summed E-state index contributed by atoms with van der Waals surface area (Å²) in [4.78, 5) is 26.2. The molecule has 122 valence electrons. The zero-order valence-electron chi connectivity index (χ0n) is 13.2. The number of aromatic nitrogens is 3. The van der Waals surface area contributed by atoms with Gasteiger partial charge in [-0.2, -0.15) is 5.10 Å². The molecule has 0 atom stereocenters. The number of nitrogens with zero attached hydrogens (tertiary/aromatic N) is 1. The molecule has 3 rings (SSSR count). The second-order valence-electron chi connectivity index (χ2n) is 5.18. The van der Waals surface area contributed by atoms with E-state index in [2.05, 4.69) is 20.5 Å². The van der Waals surface area contributed by atoms with Gasteiger partial charge in [-0.15, -0.1) is 0 Å². The molecule has 0 bridgehead atoms. The normalized spacial score (nSPS) is 10.4. The molecule has 0 aliphatic heterocycles. The van der Waals surface area contributed by atoms with E-state index in [1.165, 1.54) is 19.2 Å². The molecule has 0 saturated carbocycles. The Morgan fingerprint density at radius 3 is 2.71 bits per heavy atom. The first-order chi connectivity index (χ1) is 11.6. The molecule has 24 heavy (non-hydrogen) atoms. The topological polar surface area (TPSA) is 99.9 Å². The van der Waals surface area contributed by atoms with Gasteiger partial charge in [0.25, 0.3) is 5.91 Å². The van der Waals surface area contributed by atoms with Crippen molar-refractivity contribution in [1.82, 2.24) is 15.2 Å². The molecule has 3 N–H and O–H groups in total. The highest BCUT2D eigenvalue weighted by Crippen LogP contribution is 2.29. The van der Waals surface area contributed by atoms with Gasteiger partial charge in [0.05, 0.1) is 12.8 Å². The molecule has 0 saturated heterocycles. The Morgan fingerprint density at radius 1 is 1.21 bits per heavy atom. The van der Waals surface area contributed by atoms with Gasteiger partial charge in [0.1, 0.15) is 11.4 Å². The lowest BCUT2D eigenvalue weighted by molar-refractivity contribution is 0.101. The number of amides is 1. The molecule has 0 aliphatic carbocycles. The fourth-order valence-corrected chi connectivity index (χ4v) is 2.30. The van der Waals surface area contributed by atoms with Gasteiger partial charge >= 0.3 is 0 Å². The SMILES string of the molecule is COc1ccccc1-c1cc(NC(=O)c2cc(C(C)=O)c[nH]2)n[nH]1. The van der Waals surface area contributed by atoms with Crippen molar-refractivity contribution in [2.45, 2.75) is 6.92 Å². The van der Waals surface area contributed by atoms with E-state index in [0.717, 1.165) is 11.3 Å². The van der Waals surface area contributed by atoms with Crippen molar-refractivity contribution in [2.24, 2.45) is 0 Å². The van der Waals surface area contributed by atoms with E-state index in [1.54, 1.807) is 13.2 Å². The average molecular weight is 324 g/mol. The number of aromatic amines is 2. The molecule has 2 aromatic heterocycles. The molecule has 0 fully saturated rings. The summed E-state index contributed by atoms with van der Waals surface area (Å²) in [5.74, 6) is 0.596. The van der Waals surface area contributed by atoms with Crippen LogP contribution in [-0.2, 0) is 0 Å². The molecular formula is C17H16N4O3. The fourth-order valence-electron chi connectivity index (χ4n) is 2.30. The van der Waals surface area contributed by atoms with Crippen LogP contribution in [0.4, 0.5) is 5.82 Å². The Morgan fingerprint density at radius 2 is 2.00 bits per heavy atom. The van der Waals surface area contributed by atoms with Crippen molar-refractivity contribution in [3.05, 3.63) is 53.9 Å². The molecule has 2 heterocycles. The van der Waals surface area contributed by atoms with E-state index in [4.69, 9.17) is 4.74 Å². The summed E-state index contributed by atoms with van der Waals surface area (Å²) in [5, 5.41) is 9.62. The maximum atomic E-state index is 12.2. The largest absolute Gasteiger partial charge is 0.496 e. The van der Waals surface area contributed by atoms with Crippen molar-refractivity contribution in [3.8, 4) is 17.0 Å². The Hall–Kier alpha value is -3.35. The minimum absolute atomic E-state index is 0.108. The lowest BCUT2D eigenvalue weighted by Gasteiger charge is -2.05. The molecule has 1 amide bonds. The average Bonchev–Trinajstić information content (AvgIpc) is 3.24. The number of hydrogen-bond donors (Lipinski definition) is 3. The number of rotatable bonds is 5. The zero-order valence-corrected chi connectivity index (χ0v) is 13.2. The highest BCUT2D eigenvalue weighted by Gasteiger charge is 2.14. The molecular weight excluding hydrogens is 308 g/mol. The van der Waals surface area contributed by atoms with Crippen LogP contribution in [0.3, 0.4) is 0 Å². The monoisotopic (exact) mass is 324 g/mol. The van der Waals surface area contributed by atoms with Crippen molar-refractivity contribution < 1.29 is 14.3 Å². The standard InChI is InChI=1S/C17H16N4O3/c1-10(22)11-7-14(18-9-11)17(23)19-16-8-13(20-21-16)12-5-3-4-6-15(12)24-2/h3-9,18H,1-2H3,(H2,19,20,21,23). The lowest BCUT2D eigenvalue weighted by Crippen LogP contribution is -2.12. The number of anilines is 1. The number of carbonyl (C=O) groups excluding carboxylic acids is 2. The van der Waals surface area contributed by atoms with Crippen LogP contribution in [0.15, 0.2) is 42.6 Å². The van der Waals surface area contributed by atoms with E-state index in [0.29, 0.717) is 22.8 Å². The summed E-state index contributed by atoms with van der Waals surface area (Å²) in [5.41, 5.74) is 2.31. The fraction of sp³-hybridized carbons (Fsp3) is 0.118. The number of para-hydroxylation sites is 1. The number of nitrogens with one attached hydrogen (secondary N) is 3. The van der Waals surface area contributed by atoms with Crippen molar-refractivity contribution in [2.75, 3.05) is 12.4 Å². The van der Waals surface area contributed by atoms with Gasteiger partial charge in [-0.1, -0.05) is 12.1 Å². The second-order valence-corrected chi connectivity index (χ2v) is 5.18. The van der Waals surface area contributed by atoms with Gasteiger partial charge in [0, 0.05) is 23.4 Å². The van der Waals surface area contributed by atoms with Gasteiger partial charge in [-0.3, -0.25) is 14.7 Å².